The first-order chi connectivity index (χ1) is 25.5. The molecule has 6 nitrogen and oxygen atoms in total. The molecule has 0 bridgehead atoms. The summed E-state index contributed by atoms with van der Waals surface area (Å²) in [5, 5.41) is 0. The summed E-state index contributed by atoms with van der Waals surface area (Å²) in [5.74, 6) is -0.905. The third-order valence-corrected chi connectivity index (χ3v) is 9.68. The van der Waals surface area contributed by atoms with Crippen molar-refractivity contribution in [2.24, 2.45) is 0 Å². The smallest absolute Gasteiger partial charge is 0.306 e. The van der Waals surface area contributed by atoms with Gasteiger partial charge < -0.3 is 14.2 Å². The van der Waals surface area contributed by atoms with Gasteiger partial charge in [0.1, 0.15) is 13.2 Å². The van der Waals surface area contributed by atoms with E-state index in [9.17, 15) is 14.4 Å². The van der Waals surface area contributed by atoms with Crippen LogP contribution in [0.5, 0.6) is 0 Å². The molecule has 0 aromatic carbocycles. The maximum absolute atomic E-state index is 12.6. The van der Waals surface area contributed by atoms with Crippen LogP contribution in [0.3, 0.4) is 0 Å². The first-order valence-corrected chi connectivity index (χ1v) is 22.3. The number of carbonyl (C=O) groups excluding carboxylic acids is 3. The van der Waals surface area contributed by atoms with Crippen LogP contribution in [0.2, 0.25) is 0 Å². The van der Waals surface area contributed by atoms with E-state index in [4.69, 9.17) is 14.2 Å². The van der Waals surface area contributed by atoms with Crippen LogP contribution in [0, 0.1) is 0 Å². The first kappa shape index (κ1) is 49.9. The molecule has 0 amide bonds. The lowest BCUT2D eigenvalue weighted by Crippen LogP contribution is -2.30. The minimum atomic E-state index is -0.770. The van der Waals surface area contributed by atoms with Gasteiger partial charge in [-0.15, -0.1) is 0 Å². The Labute approximate surface area is 322 Å². The van der Waals surface area contributed by atoms with Crippen LogP contribution in [0.25, 0.3) is 0 Å². The number of rotatable bonds is 40. The highest BCUT2D eigenvalue weighted by Gasteiger charge is 2.19. The van der Waals surface area contributed by atoms with Gasteiger partial charge in [-0.05, 0) is 70.6 Å². The van der Waals surface area contributed by atoms with Crippen molar-refractivity contribution < 1.29 is 28.6 Å². The molecule has 304 valence electrons. The van der Waals surface area contributed by atoms with Crippen LogP contribution in [-0.4, -0.2) is 37.2 Å². The van der Waals surface area contributed by atoms with Crippen LogP contribution in [0.1, 0.15) is 233 Å². The average Bonchev–Trinajstić information content (AvgIpc) is 3.14. The molecule has 0 radical (unpaired) electrons. The Balaban J connectivity index is 4.23. The highest BCUT2D eigenvalue weighted by molar-refractivity contribution is 5.71. The minimum Gasteiger partial charge on any atom is -0.462 e. The number of carbonyl (C=O) groups is 3. The third-order valence-electron chi connectivity index (χ3n) is 9.68. The van der Waals surface area contributed by atoms with Crippen LogP contribution >= 0.6 is 0 Å². The molecular weight excluding hydrogens is 648 g/mol. The van der Waals surface area contributed by atoms with Crippen molar-refractivity contribution in [3.05, 3.63) is 24.3 Å². The molecule has 0 heterocycles. The van der Waals surface area contributed by atoms with E-state index in [2.05, 4.69) is 45.1 Å². The van der Waals surface area contributed by atoms with Crippen molar-refractivity contribution in [1.29, 1.82) is 0 Å². The lowest BCUT2D eigenvalue weighted by Gasteiger charge is -2.18. The van der Waals surface area contributed by atoms with E-state index in [1.54, 1.807) is 0 Å². The summed E-state index contributed by atoms with van der Waals surface area (Å²) in [6.07, 6.45) is 44.7. The van der Waals surface area contributed by atoms with Crippen LogP contribution in [0.4, 0.5) is 0 Å². The van der Waals surface area contributed by atoms with Gasteiger partial charge in [0.2, 0.25) is 0 Å². The Morgan fingerprint density at radius 1 is 0.365 bits per heavy atom. The number of allylic oxidation sites excluding steroid dienone is 4. The highest BCUT2D eigenvalue weighted by Crippen LogP contribution is 2.13. The van der Waals surface area contributed by atoms with Gasteiger partial charge in [-0.2, -0.15) is 0 Å². The summed E-state index contributed by atoms with van der Waals surface area (Å²) in [6, 6.07) is 0. The topological polar surface area (TPSA) is 78.9 Å². The summed E-state index contributed by atoms with van der Waals surface area (Å²) >= 11 is 0. The second kappa shape index (κ2) is 41.6. The predicted molar refractivity (Wildman–Crippen MR) is 219 cm³/mol. The van der Waals surface area contributed by atoms with E-state index in [0.717, 1.165) is 77.0 Å². The molecule has 0 rings (SSSR count). The zero-order valence-electron chi connectivity index (χ0n) is 34.6. The number of hydrogen-bond acceptors (Lipinski definition) is 6. The molecule has 0 saturated carbocycles. The molecule has 1 atom stereocenters. The molecular formula is C46H84O6. The molecule has 0 aromatic heterocycles. The highest BCUT2D eigenvalue weighted by atomic mass is 16.6. The third kappa shape index (κ3) is 39.1. The average molecular weight is 733 g/mol. The van der Waals surface area contributed by atoms with Gasteiger partial charge in [-0.1, -0.05) is 167 Å². The summed E-state index contributed by atoms with van der Waals surface area (Å²) in [5.41, 5.74) is 0. The minimum absolute atomic E-state index is 0.0770. The molecule has 0 spiro atoms. The van der Waals surface area contributed by atoms with E-state index in [1.807, 2.05) is 0 Å². The Hall–Kier alpha value is -2.11. The molecule has 1 unspecified atom stereocenters. The molecule has 0 N–H and O–H groups in total. The van der Waals surface area contributed by atoms with Crippen molar-refractivity contribution in [3.8, 4) is 0 Å². The van der Waals surface area contributed by atoms with Gasteiger partial charge in [-0.3, -0.25) is 14.4 Å². The molecule has 6 heteroatoms. The first-order valence-electron chi connectivity index (χ1n) is 22.3. The van der Waals surface area contributed by atoms with E-state index in [-0.39, 0.29) is 31.1 Å². The van der Waals surface area contributed by atoms with Crippen molar-refractivity contribution in [2.45, 2.75) is 239 Å². The Morgan fingerprint density at radius 3 is 0.981 bits per heavy atom. The lowest BCUT2D eigenvalue weighted by molar-refractivity contribution is -0.167. The Morgan fingerprint density at radius 2 is 0.635 bits per heavy atom. The molecule has 0 fully saturated rings. The lowest BCUT2D eigenvalue weighted by atomic mass is 10.1. The van der Waals surface area contributed by atoms with Crippen molar-refractivity contribution in [1.82, 2.24) is 0 Å². The van der Waals surface area contributed by atoms with Crippen molar-refractivity contribution in [2.75, 3.05) is 13.2 Å². The molecule has 0 saturated heterocycles. The summed E-state index contributed by atoms with van der Waals surface area (Å²) in [6.45, 7) is 6.52. The maximum atomic E-state index is 12.6. The van der Waals surface area contributed by atoms with Crippen LogP contribution in [0.15, 0.2) is 24.3 Å². The normalized spacial score (nSPS) is 12.1. The Kier molecular flexibility index (Phi) is 40.0. The number of unbranched alkanes of at least 4 members (excludes halogenated alkanes) is 25. The van der Waals surface area contributed by atoms with Crippen molar-refractivity contribution >= 4 is 17.9 Å². The SMILES string of the molecule is CCCCCC/C=C\CCCCCCCC(=O)OC(COC(=O)CCCCCCC)COC(=O)CCCCCCC/C=C\CCCCCCCCC. The molecule has 0 aliphatic heterocycles. The summed E-state index contributed by atoms with van der Waals surface area (Å²) in [7, 11) is 0. The van der Waals surface area contributed by atoms with Gasteiger partial charge in [-0.25, -0.2) is 0 Å². The molecule has 0 aromatic rings. The van der Waals surface area contributed by atoms with Gasteiger partial charge in [0.25, 0.3) is 0 Å². The van der Waals surface area contributed by atoms with E-state index >= 15 is 0 Å². The predicted octanol–water partition coefficient (Wildman–Crippen LogP) is 14.0. The van der Waals surface area contributed by atoms with E-state index in [0.29, 0.717) is 19.3 Å². The van der Waals surface area contributed by atoms with Gasteiger partial charge in [0.15, 0.2) is 6.10 Å². The van der Waals surface area contributed by atoms with Gasteiger partial charge in [0, 0.05) is 19.3 Å². The maximum Gasteiger partial charge on any atom is 0.306 e. The molecule has 52 heavy (non-hydrogen) atoms. The fourth-order valence-corrected chi connectivity index (χ4v) is 6.25. The zero-order valence-corrected chi connectivity index (χ0v) is 34.6. The summed E-state index contributed by atoms with van der Waals surface area (Å²) < 4.78 is 16.6. The number of ether oxygens (including phenoxy) is 3. The second-order valence-corrected chi connectivity index (χ2v) is 15.0. The monoisotopic (exact) mass is 733 g/mol. The quantitative estimate of drug-likeness (QED) is 0.0270. The molecule has 0 aliphatic carbocycles. The van der Waals surface area contributed by atoms with Crippen LogP contribution < -0.4 is 0 Å². The second-order valence-electron chi connectivity index (χ2n) is 15.0. The van der Waals surface area contributed by atoms with E-state index in [1.165, 1.54) is 116 Å². The summed E-state index contributed by atoms with van der Waals surface area (Å²) in [4.78, 5) is 37.4. The van der Waals surface area contributed by atoms with Gasteiger partial charge >= 0.3 is 17.9 Å². The fraction of sp³-hybridized carbons (Fsp3) is 0.848. The molecule has 0 aliphatic rings. The number of esters is 3. The standard InChI is InChI=1S/C46H84O6/c1-4-7-10-13-15-17-19-21-22-23-25-26-28-30-33-36-39-45(48)51-42-43(41-50-44(47)38-35-32-12-9-6-3)52-46(49)40-37-34-31-29-27-24-20-18-16-14-11-8-5-2/h18,20,22-23,43H,4-17,19,21,24-42H2,1-3H3/b20-18-,23-22-. The zero-order chi connectivity index (χ0) is 38.0. The fourth-order valence-electron chi connectivity index (χ4n) is 6.25. The van der Waals surface area contributed by atoms with Gasteiger partial charge in [0.05, 0.1) is 0 Å². The number of hydrogen-bond donors (Lipinski definition) is 0. The largest absolute Gasteiger partial charge is 0.462 e. The van der Waals surface area contributed by atoms with E-state index < -0.39 is 6.10 Å². The van der Waals surface area contributed by atoms with Crippen molar-refractivity contribution in [3.63, 3.8) is 0 Å². The van der Waals surface area contributed by atoms with Crippen LogP contribution in [-0.2, 0) is 28.6 Å². The Bertz CT molecular complexity index is 850.